The molecule has 132 valence electrons. The van der Waals surface area contributed by atoms with Crippen molar-refractivity contribution in [1.82, 2.24) is 24.5 Å². The highest BCUT2D eigenvalue weighted by molar-refractivity contribution is 6.32. The molecule has 1 aromatic carbocycles. The van der Waals surface area contributed by atoms with Crippen LogP contribution in [0.15, 0.2) is 18.5 Å². The molecule has 2 aromatic heterocycles. The van der Waals surface area contributed by atoms with Gasteiger partial charge in [-0.25, -0.2) is 14.5 Å². The van der Waals surface area contributed by atoms with E-state index in [-0.39, 0.29) is 10.5 Å². The van der Waals surface area contributed by atoms with Crippen molar-refractivity contribution in [3.05, 3.63) is 29.0 Å². The maximum atomic E-state index is 13.1. The van der Waals surface area contributed by atoms with E-state index in [9.17, 15) is 13.2 Å². The van der Waals surface area contributed by atoms with Crippen molar-refractivity contribution in [3.63, 3.8) is 0 Å². The number of halogens is 4. The molecule has 6 nitrogen and oxygen atoms in total. The third kappa shape index (κ3) is 2.77. The van der Waals surface area contributed by atoms with Crippen LogP contribution in [0.5, 0.6) is 0 Å². The van der Waals surface area contributed by atoms with Gasteiger partial charge in [-0.3, -0.25) is 0 Å². The highest BCUT2D eigenvalue weighted by atomic mass is 35.5. The Balaban J connectivity index is 1.93. The molecule has 1 fully saturated rings. The van der Waals surface area contributed by atoms with Crippen molar-refractivity contribution >= 4 is 34.1 Å². The molecule has 0 saturated carbocycles. The van der Waals surface area contributed by atoms with Gasteiger partial charge in [0.15, 0.2) is 11.5 Å². The summed E-state index contributed by atoms with van der Waals surface area (Å²) in [5.74, 6) is 0.605. The number of alkyl halides is 3. The Morgan fingerprint density at radius 2 is 1.84 bits per heavy atom. The van der Waals surface area contributed by atoms with Crippen molar-refractivity contribution in [2.45, 2.75) is 6.18 Å². The topological polar surface area (TPSA) is 49.6 Å². The van der Waals surface area contributed by atoms with Crippen molar-refractivity contribution in [2.24, 2.45) is 0 Å². The Kier molecular flexibility index (Phi) is 3.73. The fourth-order valence-corrected chi connectivity index (χ4v) is 3.26. The van der Waals surface area contributed by atoms with Gasteiger partial charge >= 0.3 is 6.18 Å². The van der Waals surface area contributed by atoms with E-state index in [1.807, 2.05) is 7.05 Å². The van der Waals surface area contributed by atoms with Gasteiger partial charge in [0.2, 0.25) is 0 Å². The molecule has 1 aliphatic rings. The van der Waals surface area contributed by atoms with Gasteiger partial charge in [-0.1, -0.05) is 11.6 Å². The van der Waals surface area contributed by atoms with Gasteiger partial charge in [-0.15, -0.1) is 0 Å². The fourth-order valence-electron chi connectivity index (χ4n) is 2.99. The molecule has 0 aliphatic carbocycles. The number of fused-ring (bicyclic) bond motifs is 3. The molecule has 1 aliphatic heterocycles. The van der Waals surface area contributed by atoms with Gasteiger partial charge in [0.25, 0.3) is 0 Å². The first-order valence-corrected chi connectivity index (χ1v) is 8.06. The predicted octanol–water partition coefficient (Wildman–Crippen LogP) is 2.70. The summed E-state index contributed by atoms with van der Waals surface area (Å²) in [7, 11) is 2.04. The average molecular weight is 371 g/mol. The molecule has 0 atom stereocenters. The number of nitrogens with zero attached hydrogens (tertiary/aromatic N) is 6. The van der Waals surface area contributed by atoms with Gasteiger partial charge < -0.3 is 9.80 Å². The first-order chi connectivity index (χ1) is 11.8. The highest BCUT2D eigenvalue weighted by Crippen LogP contribution is 2.37. The van der Waals surface area contributed by atoms with Gasteiger partial charge in [0, 0.05) is 26.2 Å². The summed E-state index contributed by atoms with van der Waals surface area (Å²) in [6.07, 6.45) is -3.23. The van der Waals surface area contributed by atoms with Crippen LogP contribution in [0.3, 0.4) is 0 Å². The van der Waals surface area contributed by atoms with Crippen LogP contribution >= 0.6 is 11.6 Å². The molecule has 0 bridgehead atoms. The Morgan fingerprint density at radius 1 is 1.12 bits per heavy atom. The van der Waals surface area contributed by atoms with E-state index in [1.54, 1.807) is 0 Å². The quantitative estimate of drug-likeness (QED) is 0.659. The van der Waals surface area contributed by atoms with Crippen molar-refractivity contribution in [3.8, 4) is 0 Å². The second-order valence-electron chi connectivity index (χ2n) is 6.04. The van der Waals surface area contributed by atoms with Gasteiger partial charge in [-0.05, 0) is 19.2 Å². The first kappa shape index (κ1) is 16.3. The molecule has 25 heavy (non-hydrogen) atoms. The smallest absolute Gasteiger partial charge is 0.351 e. The van der Waals surface area contributed by atoms with Crippen LogP contribution in [-0.4, -0.2) is 57.7 Å². The Hall–Kier alpha value is -2.13. The van der Waals surface area contributed by atoms with E-state index in [1.165, 1.54) is 16.9 Å². The summed E-state index contributed by atoms with van der Waals surface area (Å²) in [4.78, 5) is 13.0. The molecule has 10 heteroatoms. The molecule has 3 heterocycles. The van der Waals surface area contributed by atoms with Crippen LogP contribution in [0.1, 0.15) is 5.56 Å². The zero-order valence-electron chi connectivity index (χ0n) is 13.3. The second kappa shape index (κ2) is 5.70. The third-order valence-corrected chi connectivity index (χ3v) is 4.69. The van der Waals surface area contributed by atoms with Crippen LogP contribution in [0.4, 0.5) is 19.0 Å². The molecular formula is C15H14ClF3N6. The van der Waals surface area contributed by atoms with Crippen molar-refractivity contribution < 1.29 is 13.2 Å². The zero-order chi connectivity index (χ0) is 17.8. The Labute approximate surface area is 145 Å². The van der Waals surface area contributed by atoms with Crippen LogP contribution in [0.2, 0.25) is 5.02 Å². The number of hydrogen-bond acceptors (Lipinski definition) is 5. The average Bonchev–Trinajstić information content (AvgIpc) is 3.03. The SMILES string of the molecule is CN1CCN(c2nc3cc(Cl)c(C(F)(F)F)cc3n3ncnc23)CC1. The number of aromatic nitrogens is 4. The second-order valence-corrected chi connectivity index (χ2v) is 6.45. The first-order valence-electron chi connectivity index (χ1n) is 7.68. The summed E-state index contributed by atoms with van der Waals surface area (Å²) < 4.78 is 40.8. The van der Waals surface area contributed by atoms with E-state index in [0.29, 0.717) is 17.0 Å². The van der Waals surface area contributed by atoms with Crippen molar-refractivity contribution in [1.29, 1.82) is 0 Å². The van der Waals surface area contributed by atoms with Gasteiger partial charge in [0.1, 0.15) is 6.33 Å². The minimum atomic E-state index is -4.55. The molecule has 3 aromatic rings. The number of rotatable bonds is 1. The minimum absolute atomic E-state index is 0.224. The summed E-state index contributed by atoms with van der Waals surface area (Å²) in [6.45, 7) is 3.25. The lowest BCUT2D eigenvalue weighted by Crippen LogP contribution is -2.45. The fraction of sp³-hybridized carbons (Fsp3) is 0.400. The lowest BCUT2D eigenvalue weighted by atomic mass is 10.2. The van der Waals surface area contributed by atoms with Crippen molar-refractivity contribution in [2.75, 3.05) is 38.1 Å². The lowest BCUT2D eigenvalue weighted by molar-refractivity contribution is -0.137. The molecule has 1 saturated heterocycles. The maximum absolute atomic E-state index is 13.1. The molecule has 0 unspecified atom stereocenters. The van der Waals surface area contributed by atoms with E-state index in [0.717, 1.165) is 32.2 Å². The van der Waals surface area contributed by atoms with E-state index < -0.39 is 11.7 Å². The summed E-state index contributed by atoms with van der Waals surface area (Å²) in [5.41, 5.74) is 0.104. The number of benzene rings is 1. The maximum Gasteiger partial charge on any atom is 0.417 e. The Bertz CT molecular complexity index is 946. The molecule has 4 rings (SSSR count). The van der Waals surface area contributed by atoms with Gasteiger partial charge in [0.05, 0.1) is 21.6 Å². The van der Waals surface area contributed by atoms with E-state index in [4.69, 9.17) is 11.6 Å². The normalized spacial score (nSPS) is 16.9. The lowest BCUT2D eigenvalue weighted by Gasteiger charge is -2.33. The number of piperazine rings is 1. The van der Waals surface area contributed by atoms with Gasteiger partial charge in [-0.2, -0.15) is 18.3 Å². The summed E-state index contributed by atoms with van der Waals surface area (Å²) in [5, 5.41) is 3.71. The number of hydrogen-bond donors (Lipinski definition) is 0. The summed E-state index contributed by atoms with van der Waals surface area (Å²) >= 11 is 5.84. The van der Waals surface area contributed by atoms with Crippen LogP contribution in [0.25, 0.3) is 16.7 Å². The highest BCUT2D eigenvalue weighted by Gasteiger charge is 2.34. The zero-order valence-corrected chi connectivity index (χ0v) is 14.0. The third-order valence-electron chi connectivity index (χ3n) is 4.37. The molecule has 0 spiro atoms. The van der Waals surface area contributed by atoms with Crippen LogP contribution in [-0.2, 0) is 6.18 Å². The summed E-state index contributed by atoms with van der Waals surface area (Å²) in [6, 6.07) is 2.21. The van der Waals surface area contributed by atoms with E-state index in [2.05, 4.69) is 24.9 Å². The monoisotopic (exact) mass is 370 g/mol. The number of likely N-dealkylation sites (N-methyl/N-ethyl adjacent to an activating group) is 1. The molecular weight excluding hydrogens is 357 g/mol. The number of anilines is 1. The van der Waals surface area contributed by atoms with Crippen LogP contribution in [0, 0.1) is 0 Å². The van der Waals surface area contributed by atoms with E-state index >= 15 is 0 Å². The molecule has 0 amide bonds. The molecule has 0 radical (unpaired) electrons. The standard InChI is InChI=1S/C15H14ClF3N6/c1-23-2-4-24(5-3-23)14-13-20-8-21-25(13)12-6-9(15(17,18)19)10(16)7-11(12)22-14/h6-8H,2-5H2,1H3. The minimum Gasteiger partial charge on any atom is -0.351 e. The largest absolute Gasteiger partial charge is 0.417 e. The Morgan fingerprint density at radius 3 is 2.52 bits per heavy atom. The van der Waals surface area contributed by atoms with Crippen LogP contribution < -0.4 is 4.90 Å². The predicted molar refractivity (Wildman–Crippen MR) is 88.0 cm³/mol. The molecule has 0 N–H and O–H groups in total.